The van der Waals surface area contributed by atoms with E-state index < -0.39 is 11.8 Å². The van der Waals surface area contributed by atoms with E-state index in [0.717, 1.165) is 5.56 Å². The third kappa shape index (κ3) is 5.34. The van der Waals surface area contributed by atoms with Crippen molar-refractivity contribution >= 4 is 35.0 Å². The highest BCUT2D eigenvalue weighted by Crippen LogP contribution is 2.23. The summed E-state index contributed by atoms with van der Waals surface area (Å²) >= 11 is 6.01. The number of carbonyl (C=O) groups is 3. The molecular weight excluding hydrogens is 394 g/mol. The average Bonchev–Trinajstić information content (AvgIpc) is 2.75. The zero-order valence-corrected chi connectivity index (χ0v) is 16.7. The summed E-state index contributed by atoms with van der Waals surface area (Å²) in [5, 5.41) is 5.36. The number of benzene rings is 2. The van der Waals surface area contributed by atoms with E-state index in [2.05, 4.69) is 10.6 Å². The smallest absolute Gasteiger partial charge is 0.313 e. The fourth-order valence-corrected chi connectivity index (χ4v) is 3.19. The molecule has 0 radical (unpaired) electrons. The number of hydrogen-bond acceptors (Lipinski definition) is 4. The molecule has 29 heavy (non-hydrogen) atoms. The summed E-state index contributed by atoms with van der Waals surface area (Å²) < 4.78 is 5.74. The maximum atomic E-state index is 12.5. The molecular formula is C21H22ClN3O4. The molecule has 0 spiro atoms. The molecule has 2 aromatic carbocycles. The number of anilines is 1. The van der Waals surface area contributed by atoms with Gasteiger partial charge in [0.2, 0.25) is 5.91 Å². The standard InChI is InChI=1S/C21H22ClN3O4/c1-14-16(22)8-5-9-17(14)24-21(28)20(27)23-12-19(26)25-10-11-29-18(13-25)15-6-3-2-4-7-15/h2-9,18H,10-13H2,1H3,(H,23,27)(H,24,28). The molecule has 3 amide bonds. The minimum atomic E-state index is -0.884. The Bertz CT molecular complexity index is 904. The van der Waals surface area contributed by atoms with Crippen LogP contribution in [0.2, 0.25) is 5.02 Å². The molecule has 1 unspecified atom stereocenters. The van der Waals surface area contributed by atoms with Gasteiger partial charge in [-0.25, -0.2) is 0 Å². The Morgan fingerprint density at radius 2 is 1.86 bits per heavy atom. The van der Waals surface area contributed by atoms with E-state index in [-0.39, 0.29) is 18.6 Å². The Labute approximate surface area is 174 Å². The number of halogens is 1. The third-order valence-electron chi connectivity index (χ3n) is 4.71. The van der Waals surface area contributed by atoms with E-state index in [1.165, 1.54) is 0 Å². The topological polar surface area (TPSA) is 87.7 Å². The van der Waals surface area contributed by atoms with Crippen molar-refractivity contribution in [2.45, 2.75) is 13.0 Å². The molecule has 1 saturated heterocycles. The SMILES string of the molecule is Cc1c(Cl)cccc1NC(=O)C(=O)NCC(=O)N1CCOC(c2ccccc2)C1. The van der Waals surface area contributed by atoms with Crippen molar-refractivity contribution in [3.63, 3.8) is 0 Å². The predicted molar refractivity (Wildman–Crippen MR) is 110 cm³/mol. The van der Waals surface area contributed by atoms with Crippen LogP contribution in [0.4, 0.5) is 5.69 Å². The van der Waals surface area contributed by atoms with Crippen molar-refractivity contribution in [2.75, 3.05) is 31.6 Å². The van der Waals surface area contributed by atoms with Crippen LogP contribution in [-0.2, 0) is 19.1 Å². The Kier molecular flexibility index (Phi) is 6.85. The van der Waals surface area contributed by atoms with Crippen LogP contribution >= 0.6 is 11.6 Å². The molecule has 1 heterocycles. The Balaban J connectivity index is 1.51. The van der Waals surface area contributed by atoms with Gasteiger partial charge in [-0.2, -0.15) is 0 Å². The third-order valence-corrected chi connectivity index (χ3v) is 5.12. The molecule has 0 aromatic heterocycles. The Morgan fingerprint density at radius 1 is 1.10 bits per heavy atom. The van der Waals surface area contributed by atoms with Gasteiger partial charge < -0.3 is 20.3 Å². The first-order chi connectivity index (χ1) is 14.0. The highest BCUT2D eigenvalue weighted by Gasteiger charge is 2.26. The van der Waals surface area contributed by atoms with Gasteiger partial charge in [0.1, 0.15) is 6.10 Å². The molecule has 8 heteroatoms. The van der Waals surface area contributed by atoms with Crippen LogP contribution in [0, 0.1) is 6.92 Å². The number of rotatable bonds is 4. The summed E-state index contributed by atoms with van der Waals surface area (Å²) in [5.41, 5.74) is 2.10. The zero-order valence-electron chi connectivity index (χ0n) is 16.0. The summed E-state index contributed by atoms with van der Waals surface area (Å²) in [6, 6.07) is 14.7. The van der Waals surface area contributed by atoms with Gasteiger partial charge in [0.25, 0.3) is 0 Å². The van der Waals surface area contributed by atoms with Crippen molar-refractivity contribution in [2.24, 2.45) is 0 Å². The molecule has 2 aromatic rings. The molecule has 0 aliphatic carbocycles. The van der Waals surface area contributed by atoms with E-state index in [9.17, 15) is 14.4 Å². The normalized spacial score (nSPS) is 16.2. The van der Waals surface area contributed by atoms with Crippen molar-refractivity contribution in [1.82, 2.24) is 10.2 Å². The lowest BCUT2D eigenvalue weighted by atomic mass is 10.1. The van der Waals surface area contributed by atoms with Gasteiger partial charge in [0, 0.05) is 17.3 Å². The van der Waals surface area contributed by atoms with Crippen LogP contribution in [0.3, 0.4) is 0 Å². The molecule has 2 N–H and O–H groups in total. The molecule has 152 valence electrons. The van der Waals surface area contributed by atoms with Gasteiger partial charge in [-0.1, -0.05) is 48.0 Å². The van der Waals surface area contributed by atoms with Crippen LogP contribution < -0.4 is 10.6 Å². The lowest BCUT2D eigenvalue weighted by molar-refractivity contribution is -0.141. The van der Waals surface area contributed by atoms with E-state index in [4.69, 9.17) is 16.3 Å². The molecule has 1 atom stereocenters. The molecule has 7 nitrogen and oxygen atoms in total. The first-order valence-electron chi connectivity index (χ1n) is 9.24. The number of carbonyl (C=O) groups excluding carboxylic acids is 3. The van der Waals surface area contributed by atoms with E-state index >= 15 is 0 Å². The monoisotopic (exact) mass is 415 g/mol. The Morgan fingerprint density at radius 3 is 2.62 bits per heavy atom. The fourth-order valence-electron chi connectivity index (χ4n) is 3.02. The van der Waals surface area contributed by atoms with Crippen LogP contribution in [0.25, 0.3) is 0 Å². The second-order valence-electron chi connectivity index (χ2n) is 6.66. The second kappa shape index (κ2) is 9.54. The zero-order chi connectivity index (χ0) is 20.8. The molecule has 0 bridgehead atoms. The van der Waals surface area contributed by atoms with E-state index in [1.54, 1.807) is 30.0 Å². The second-order valence-corrected chi connectivity index (χ2v) is 7.07. The largest absolute Gasteiger partial charge is 0.370 e. The number of nitrogens with one attached hydrogen (secondary N) is 2. The van der Waals surface area contributed by atoms with Crippen LogP contribution in [0.15, 0.2) is 48.5 Å². The van der Waals surface area contributed by atoms with Gasteiger partial charge >= 0.3 is 11.8 Å². The van der Waals surface area contributed by atoms with Gasteiger partial charge in [-0.15, -0.1) is 0 Å². The maximum absolute atomic E-state index is 12.5. The number of ether oxygens (including phenoxy) is 1. The molecule has 0 saturated carbocycles. The lowest BCUT2D eigenvalue weighted by Crippen LogP contribution is -2.48. The molecule has 3 rings (SSSR count). The van der Waals surface area contributed by atoms with Crippen molar-refractivity contribution in [1.29, 1.82) is 0 Å². The van der Waals surface area contributed by atoms with Crippen molar-refractivity contribution < 1.29 is 19.1 Å². The summed E-state index contributed by atoms with van der Waals surface area (Å²) in [6.07, 6.45) is -0.210. The molecule has 1 aliphatic rings. The van der Waals surface area contributed by atoms with E-state index in [1.807, 2.05) is 30.3 Å². The highest BCUT2D eigenvalue weighted by atomic mass is 35.5. The first kappa shape index (κ1) is 20.8. The van der Waals surface area contributed by atoms with Crippen LogP contribution in [-0.4, -0.2) is 48.9 Å². The number of amides is 3. The fraction of sp³-hybridized carbons (Fsp3) is 0.286. The van der Waals surface area contributed by atoms with Crippen LogP contribution in [0.5, 0.6) is 0 Å². The number of hydrogen-bond donors (Lipinski definition) is 2. The van der Waals surface area contributed by atoms with Gasteiger partial charge in [-0.05, 0) is 30.2 Å². The maximum Gasteiger partial charge on any atom is 0.313 e. The lowest BCUT2D eigenvalue weighted by Gasteiger charge is -2.33. The average molecular weight is 416 g/mol. The predicted octanol–water partition coefficient (Wildman–Crippen LogP) is 2.30. The quantitative estimate of drug-likeness (QED) is 0.750. The summed E-state index contributed by atoms with van der Waals surface area (Å²) in [6.45, 7) is 2.72. The molecule has 1 fully saturated rings. The molecule has 1 aliphatic heterocycles. The minimum absolute atomic E-state index is 0.210. The number of nitrogens with zero attached hydrogens (tertiary/aromatic N) is 1. The van der Waals surface area contributed by atoms with Gasteiger partial charge in [0.15, 0.2) is 0 Å². The summed E-state index contributed by atoms with van der Waals surface area (Å²) in [4.78, 5) is 38.2. The summed E-state index contributed by atoms with van der Waals surface area (Å²) in [5.74, 6) is -2.01. The summed E-state index contributed by atoms with van der Waals surface area (Å²) in [7, 11) is 0. The van der Waals surface area contributed by atoms with Gasteiger partial charge in [0.05, 0.1) is 19.7 Å². The minimum Gasteiger partial charge on any atom is -0.370 e. The van der Waals surface area contributed by atoms with Crippen LogP contribution in [0.1, 0.15) is 17.2 Å². The van der Waals surface area contributed by atoms with Gasteiger partial charge in [-0.3, -0.25) is 14.4 Å². The van der Waals surface area contributed by atoms with E-state index in [0.29, 0.717) is 36.0 Å². The Hall–Kier alpha value is -2.90. The first-order valence-corrected chi connectivity index (χ1v) is 9.62. The van der Waals surface area contributed by atoms with Crippen molar-refractivity contribution in [3.05, 3.63) is 64.7 Å². The number of morpholine rings is 1. The highest BCUT2D eigenvalue weighted by molar-refractivity contribution is 6.40. The van der Waals surface area contributed by atoms with Crippen molar-refractivity contribution in [3.8, 4) is 0 Å².